The Morgan fingerprint density at radius 1 is 1.18 bits per heavy atom. The maximum Gasteiger partial charge on any atom is 0.160 e. The van der Waals surface area contributed by atoms with Crippen LogP contribution in [0.25, 0.3) is 0 Å². The molecule has 0 aromatic rings. The first kappa shape index (κ1) is 10.6. The van der Waals surface area contributed by atoms with Gasteiger partial charge in [-0.3, -0.25) is 0 Å². The van der Waals surface area contributed by atoms with E-state index in [1.165, 1.54) is 0 Å². The van der Waals surface area contributed by atoms with Crippen molar-refractivity contribution in [1.82, 2.24) is 0 Å². The van der Waals surface area contributed by atoms with Gasteiger partial charge in [-0.25, -0.2) is 8.42 Å². The van der Waals surface area contributed by atoms with Crippen LogP contribution in [0, 0.1) is 0 Å². The highest BCUT2D eigenvalue weighted by molar-refractivity contribution is 7.91. The summed E-state index contributed by atoms with van der Waals surface area (Å²) in [7, 11) is -2.55. The van der Waals surface area contributed by atoms with Crippen molar-refractivity contribution in [2.24, 2.45) is 11.5 Å². The second-order valence-electron chi connectivity index (χ2n) is 2.26. The van der Waals surface area contributed by atoms with Gasteiger partial charge in [0.15, 0.2) is 5.11 Å². The molecule has 0 aliphatic carbocycles. The van der Waals surface area contributed by atoms with Gasteiger partial charge in [0, 0.05) is 0 Å². The van der Waals surface area contributed by atoms with Gasteiger partial charge in [0.1, 0.15) is 9.84 Å². The smallest absolute Gasteiger partial charge is 0.160 e. The molecule has 1 aliphatic heterocycles. The molecule has 1 rings (SSSR count). The van der Waals surface area contributed by atoms with E-state index in [-0.39, 0.29) is 5.11 Å². The average Bonchev–Trinajstić information content (AvgIpc) is 2.11. The van der Waals surface area contributed by atoms with Gasteiger partial charge in [-0.2, -0.15) is 0 Å². The van der Waals surface area contributed by atoms with Crippen LogP contribution >= 0.6 is 12.2 Å². The predicted molar refractivity (Wildman–Crippen MR) is 48.9 cm³/mol. The SMILES string of the molecule is NC(N)=S.O=S1(=O)CCCC1. The van der Waals surface area contributed by atoms with Crippen LogP contribution in [0.15, 0.2) is 0 Å². The number of nitrogens with two attached hydrogens (primary N) is 2. The molecule has 0 atom stereocenters. The lowest BCUT2D eigenvalue weighted by atomic mass is 10.4. The quantitative estimate of drug-likeness (QED) is 0.504. The Morgan fingerprint density at radius 2 is 1.45 bits per heavy atom. The fourth-order valence-corrected chi connectivity index (χ4v) is 2.24. The van der Waals surface area contributed by atoms with Crippen molar-refractivity contribution in [2.45, 2.75) is 12.8 Å². The van der Waals surface area contributed by atoms with Crippen molar-refractivity contribution in [3.05, 3.63) is 0 Å². The van der Waals surface area contributed by atoms with Gasteiger partial charge in [0.25, 0.3) is 0 Å². The molecule has 0 aromatic heterocycles. The zero-order valence-corrected chi connectivity index (χ0v) is 7.75. The Hall–Kier alpha value is -0.360. The highest BCUT2D eigenvalue weighted by Crippen LogP contribution is 2.08. The van der Waals surface area contributed by atoms with Crippen LogP contribution in [0.2, 0.25) is 0 Å². The number of thiocarbonyl (C=S) groups is 1. The summed E-state index contributed by atoms with van der Waals surface area (Å²) in [6, 6.07) is 0. The molecule has 0 amide bonds. The molecule has 4 N–H and O–H groups in total. The molecule has 0 spiro atoms. The predicted octanol–water partition coefficient (Wildman–Crippen LogP) is -0.616. The normalized spacial score (nSPS) is 20.0. The summed E-state index contributed by atoms with van der Waals surface area (Å²) in [6.45, 7) is 0. The molecule has 0 radical (unpaired) electrons. The van der Waals surface area contributed by atoms with Crippen LogP contribution < -0.4 is 11.5 Å². The first-order chi connectivity index (χ1) is 4.94. The second-order valence-corrected chi connectivity index (χ2v) is 5.04. The van der Waals surface area contributed by atoms with Crippen molar-refractivity contribution < 1.29 is 8.42 Å². The minimum absolute atomic E-state index is 0.000000000000000222. The summed E-state index contributed by atoms with van der Waals surface area (Å²) >= 11 is 4.09. The van der Waals surface area contributed by atoms with Gasteiger partial charge in [0.2, 0.25) is 0 Å². The van der Waals surface area contributed by atoms with E-state index >= 15 is 0 Å². The van der Waals surface area contributed by atoms with E-state index < -0.39 is 9.84 Å². The van der Waals surface area contributed by atoms with E-state index in [4.69, 9.17) is 0 Å². The molecular weight excluding hydrogens is 184 g/mol. The van der Waals surface area contributed by atoms with Crippen LogP contribution in [0.5, 0.6) is 0 Å². The van der Waals surface area contributed by atoms with Crippen molar-refractivity contribution in [3.8, 4) is 0 Å². The van der Waals surface area contributed by atoms with Gasteiger partial charge in [-0.05, 0) is 25.1 Å². The van der Waals surface area contributed by atoms with Gasteiger partial charge < -0.3 is 11.5 Å². The minimum Gasteiger partial charge on any atom is -0.377 e. The van der Waals surface area contributed by atoms with E-state index in [1.807, 2.05) is 0 Å². The largest absolute Gasteiger partial charge is 0.377 e. The third-order valence-corrected chi connectivity index (χ3v) is 2.98. The summed E-state index contributed by atoms with van der Waals surface area (Å²) in [5, 5.41) is 0.000000000000000222. The first-order valence-corrected chi connectivity index (χ1v) is 5.42. The van der Waals surface area contributed by atoms with Crippen LogP contribution in [-0.2, 0) is 9.84 Å². The van der Waals surface area contributed by atoms with E-state index in [9.17, 15) is 8.42 Å². The summed E-state index contributed by atoms with van der Waals surface area (Å²) in [5.41, 5.74) is 9.24. The number of hydrogen-bond donors (Lipinski definition) is 2. The highest BCUT2D eigenvalue weighted by atomic mass is 32.2. The van der Waals surface area contributed by atoms with E-state index in [2.05, 4.69) is 23.7 Å². The Bertz CT molecular complexity index is 207. The van der Waals surface area contributed by atoms with Crippen LogP contribution in [0.4, 0.5) is 0 Å². The lowest BCUT2D eigenvalue weighted by Crippen LogP contribution is -2.18. The molecule has 1 aliphatic rings. The lowest BCUT2D eigenvalue weighted by Gasteiger charge is -1.81. The van der Waals surface area contributed by atoms with E-state index in [0.29, 0.717) is 11.5 Å². The van der Waals surface area contributed by atoms with Crippen LogP contribution in [0.3, 0.4) is 0 Å². The van der Waals surface area contributed by atoms with Crippen molar-refractivity contribution in [2.75, 3.05) is 11.5 Å². The molecule has 1 fully saturated rings. The molecule has 4 nitrogen and oxygen atoms in total. The topological polar surface area (TPSA) is 86.2 Å². The fourth-order valence-electron chi connectivity index (χ4n) is 0.746. The molecule has 1 heterocycles. The average molecular weight is 196 g/mol. The highest BCUT2D eigenvalue weighted by Gasteiger charge is 2.16. The van der Waals surface area contributed by atoms with Gasteiger partial charge in [-0.15, -0.1) is 0 Å². The second kappa shape index (κ2) is 4.50. The first-order valence-electron chi connectivity index (χ1n) is 3.19. The third kappa shape index (κ3) is 7.54. The molecule has 0 bridgehead atoms. The summed E-state index contributed by atoms with van der Waals surface area (Å²) in [4.78, 5) is 0. The van der Waals surface area contributed by atoms with Crippen LogP contribution in [-0.4, -0.2) is 25.0 Å². The van der Waals surface area contributed by atoms with Gasteiger partial charge >= 0.3 is 0 Å². The fraction of sp³-hybridized carbons (Fsp3) is 0.800. The molecule has 0 unspecified atom stereocenters. The number of rotatable bonds is 0. The van der Waals surface area contributed by atoms with Gasteiger partial charge in [0.05, 0.1) is 11.5 Å². The Morgan fingerprint density at radius 3 is 1.55 bits per heavy atom. The maximum atomic E-state index is 10.4. The van der Waals surface area contributed by atoms with E-state index in [1.54, 1.807) is 0 Å². The third-order valence-electron chi connectivity index (χ3n) is 1.16. The van der Waals surface area contributed by atoms with Crippen molar-refractivity contribution in [3.63, 3.8) is 0 Å². The lowest BCUT2D eigenvalue weighted by molar-refractivity contribution is 0.602. The summed E-state index contributed by atoms with van der Waals surface area (Å²) in [5.74, 6) is 0.847. The molecular formula is C5H12N2O2S2. The zero-order chi connectivity index (χ0) is 8.91. The summed E-state index contributed by atoms with van der Waals surface area (Å²) < 4.78 is 20.9. The van der Waals surface area contributed by atoms with Crippen molar-refractivity contribution >= 4 is 27.2 Å². The van der Waals surface area contributed by atoms with Crippen molar-refractivity contribution in [1.29, 1.82) is 0 Å². The van der Waals surface area contributed by atoms with Crippen LogP contribution in [0.1, 0.15) is 12.8 Å². The molecule has 0 aromatic carbocycles. The Labute approximate surface area is 71.9 Å². The standard InChI is InChI=1S/C4H8O2S.CH4N2S/c5-7(6)3-1-2-4-7;2-1(3)4/h1-4H2;(H4,2,3,4). The Balaban J connectivity index is 0.000000218. The monoisotopic (exact) mass is 196 g/mol. The molecule has 11 heavy (non-hydrogen) atoms. The van der Waals surface area contributed by atoms with E-state index in [0.717, 1.165) is 12.8 Å². The zero-order valence-electron chi connectivity index (χ0n) is 6.12. The van der Waals surface area contributed by atoms with Gasteiger partial charge in [-0.1, -0.05) is 0 Å². The molecule has 66 valence electrons. The minimum atomic E-state index is -2.55. The number of hydrogen-bond acceptors (Lipinski definition) is 3. The summed E-state index contributed by atoms with van der Waals surface area (Å²) in [6.07, 6.45) is 1.75. The molecule has 0 saturated carbocycles. The maximum absolute atomic E-state index is 10.4. The molecule has 1 saturated heterocycles. The number of sulfone groups is 1. The molecule has 6 heteroatoms. The Kier molecular flexibility index (Phi) is 4.36.